The Balaban J connectivity index is 1.44. The minimum Gasteiger partial charge on any atom is -0.493 e. The van der Waals surface area contributed by atoms with Crippen molar-refractivity contribution in [1.82, 2.24) is 14.8 Å². The topological polar surface area (TPSA) is 87.5 Å². The van der Waals surface area contributed by atoms with Crippen molar-refractivity contribution in [2.45, 2.75) is 56.7 Å². The molecule has 0 spiro atoms. The van der Waals surface area contributed by atoms with Gasteiger partial charge in [-0.25, -0.2) is 9.48 Å². The second kappa shape index (κ2) is 13.8. The Morgan fingerprint density at radius 3 is 2.56 bits per heavy atom. The Bertz CT molecular complexity index is 1730. The number of anilines is 1. The highest BCUT2D eigenvalue weighted by atomic mass is 35.5. The molecule has 0 fully saturated rings. The molecule has 234 valence electrons. The van der Waals surface area contributed by atoms with Crippen molar-refractivity contribution >= 4 is 35.3 Å². The molecule has 45 heavy (non-hydrogen) atoms. The summed E-state index contributed by atoms with van der Waals surface area (Å²) < 4.78 is 19.2. The van der Waals surface area contributed by atoms with Gasteiger partial charge in [0.05, 0.1) is 12.7 Å². The maximum atomic E-state index is 13.4. The molecule has 0 saturated heterocycles. The number of halogens is 1. The van der Waals surface area contributed by atoms with E-state index in [1.807, 2.05) is 49.4 Å². The summed E-state index contributed by atoms with van der Waals surface area (Å²) >= 11 is 7.83. The monoisotopic (exact) mass is 644 g/mol. The second-order valence-electron chi connectivity index (χ2n) is 11.6. The molecule has 0 radical (unpaired) electrons. The van der Waals surface area contributed by atoms with E-state index in [0.29, 0.717) is 51.3 Å². The van der Waals surface area contributed by atoms with Gasteiger partial charge in [0.1, 0.15) is 19.3 Å². The Morgan fingerprint density at radius 1 is 1.11 bits per heavy atom. The van der Waals surface area contributed by atoms with Gasteiger partial charge in [0.25, 0.3) is 0 Å². The predicted octanol–water partition coefficient (Wildman–Crippen LogP) is 8.13. The molecule has 8 nitrogen and oxygen atoms in total. The van der Waals surface area contributed by atoms with Crippen LogP contribution in [-0.2, 0) is 27.3 Å². The van der Waals surface area contributed by atoms with Gasteiger partial charge in [0.15, 0.2) is 11.5 Å². The van der Waals surface area contributed by atoms with Gasteiger partial charge >= 0.3 is 5.97 Å². The Morgan fingerprint density at radius 2 is 1.87 bits per heavy atom. The van der Waals surface area contributed by atoms with Gasteiger partial charge in [0, 0.05) is 16.5 Å². The van der Waals surface area contributed by atoms with Crippen LogP contribution in [0.5, 0.6) is 11.5 Å². The van der Waals surface area contributed by atoms with Crippen LogP contribution in [0.1, 0.15) is 56.0 Å². The number of methoxy groups -OCH3 is 1. The summed E-state index contributed by atoms with van der Waals surface area (Å²) in [7, 11) is 1.59. The summed E-state index contributed by atoms with van der Waals surface area (Å²) in [5, 5.41) is 9.27. The highest BCUT2D eigenvalue weighted by Gasteiger charge is 2.36. The number of benzene rings is 3. The van der Waals surface area contributed by atoms with Crippen LogP contribution in [-0.4, -0.2) is 34.5 Å². The van der Waals surface area contributed by atoms with Crippen LogP contribution in [0.15, 0.2) is 95.8 Å². The van der Waals surface area contributed by atoms with Crippen molar-refractivity contribution in [1.29, 1.82) is 0 Å². The number of ether oxygens (including phenoxy) is 3. The average molecular weight is 645 g/mol. The zero-order chi connectivity index (χ0) is 32.1. The van der Waals surface area contributed by atoms with E-state index in [1.165, 1.54) is 23.4 Å². The highest BCUT2D eigenvalue weighted by Crippen LogP contribution is 2.40. The van der Waals surface area contributed by atoms with Crippen molar-refractivity contribution in [2.75, 3.05) is 19.0 Å². The Kier molecular flexibility index (Phi) is 9.90. The Hall–Kier alpha value is -4.21. The fourth-order valence-electron chi connectivity index (χ4n) is 4.97. The van der Waals surface area contributed by atoms with Crippen molar-refractivity contribution < 1.29 is 19.0 Å². The molecule has 0 amide bonds. The highest BCUT2D eigenvalue weighted by molar-refractivity contribution is 7.98. The molecule has 2 heterocycles. The number of nitrogens with one attached hydrogen (secondary N) is 1. The first-order valence-corrected chi connectivity index (χ1v) is 15.9. The first-order valence-electron chi connectivity index (χ1n) is 14.6. The predicted molar refractivity (Wildman–Crippen MR) is 179 cm³/mol. The quantitative estimate of drug-likeness (QED) is 0.0995. The number of fused-ring (bicyclic) bond motifs is 1. The van der Waals surface area contributed by atoms with Gasteiger partial charge < -0.3 is 19.5 Å². The third kappa shape index (κ3) is 7.37. The molecule has 10 heteroatoms. The van der Waals surface area contributed by atoms with E-state index < -0.39 is 12.0 Å². The number of allylic oxidation sites excluding steroid dienone is 1. The lowest BCUT2D eigenvalue weighted by Crippen LogP contribution is -2.29. The molecule has 5 rings (SSSR count). The number of esters is 1. The fourth-order valence-corrected chi connectivity index (χ4v) is 6.09. The molecule has 1 atom stereocenters. The molecular weight excluding hydrogens is 608 g/mol. The minimum atomic E-state index is -0.631. The largest absolute Gasteiger partial charge is 0.493 e. The van der Waals surface area contributed by atoms with Crippen molar-refractivity contribution in [3.05, 3.63) is 118 Å². The molecule has 1 aromatic heterocycles. The number of aromatic nitrogens is 3. The zero-order valence-corrected chi connectivity index (χ0v) is 27.7. The van der Waals surface area contributed by atoms with E-state index in [2.05, 4.69) is 56.9 Å². The maximum Gasteiger partial charge on any atom is 0.338 e. The number of rotatable bonds is 11. The van der Waals surface area contributed by atoms with Crippen molar-refractivity contribution in [3.8, 4) is 11.5 Å². The van der Waals surface area contributed by atoms with Crippen LogP contribution in [0.2, 0.25) is 5.02 Å². The lowest BCUT2D eigenvalue weighted by molar-refractivity contribution is -0.138. The van der Waals surface area contributed by atoms with Gasteiger partial charge in [-0.1, -0.05) is 105 Å². The first-order chi connectivity index (χ1) is 21.6. The molecule has 0 bridgehead atoms. The number of thioether (sulfide) groups is 1. The van der Waals surface area contributed by atoms with Gasteiger partial charge in [-0.2, -0.15) is 4.98 Å². The zero-order valence-electron chi connectivity index (χ0n) is 26.1. The van der Waals surface area contributed by atoms with E-state index in [1.54, 1.807) is 11.8 Å². The van der Waals surface area contributed by atoms with E-state index in [9.17, 15) is 4.79 Å². The molecular formula is C35H37ClN4O4S. The van der Waals surface area contributed by atoms with Gasteiger partial charge in [-0.05, 0) is 52.8 Å². The average Bonchev–Trinajstić information content (AvgIpc) is 3.43. The number of carbonyl (C=O) groups excluding carboxylic acids is 1. The second-order valence-corrected chi connectivity index (χ2v) is 13.0. The molecule has 1 unspecified atom stereocenters. The Labute approximate surface area is 273 Å². The SMILES string of the molecule is C=CCOC(=O)C1=C(C)Nc2nc(SCc3ccccc3Cl)nn2C1c1ccc(OCc2ccc(C(C)(C)C)cc2)c(OC)c1. The van der Waals surface area contributed by atoms with Crippen LogP contribution >= 0.6 is 23.4 Å². The summed E-state index contributed by atoms with van der Waals surface area (Å²) in [5.74, 6) is 1.74. The van der Waals surface area contributed by atoms with Gasteiger partial charge in [0.2, 0.25) is 11.1 Å². The summed E-state index contributed by atoms with van der Waals surface area (Å²) in [5.41, 5.74) is 5.16. The van der Waals surface area contributed by atoms with Crippen LogP contribution < -0.4 is 14.8 Å². The first kappa shape index (κ1) is 32.2. The van der Waals surface area contributed by atoms with Crippen LogP contribution in [0.25, 0.3) is 0 Å². The summed E-state index contributed by atoms with van der Waals surface area (Å²) in [6.07, 6.45) is 1.54. The van der Waals surface area contributed by atoms with Gasteiger partial charge in [-0.3, -0.25) is 0 Å². The molecule has 0 aliphatic carbocycles. The van der Waals surface area contributed by atoms with Crippen LogP contribution in [0, 0.1) is 0 Å². The smallest absolute Gasteiger partial charge is 0.338 e. The van der Waals surface area contributed by atoms with Crippen LogP contribution in [0.4, 0.5) is 5.95 Å². The molecule has 3 aromatic carbocycles. The summed E-state index contributed by atoms with van der Waals surface area (Å²) in [4.78, 5) is 18.1. The number of hydrogen-bond acceptors (Lipinski definition) is 8. The minimum absolute atomic E-state index is 0.0792. The molecule has 1 N–H and O–H groups in total. The third-order valence-electron chi connectivity index (χ3n) is 7.42. The lowest BCUT2D eigenvalue weighted by atomic mass is 9.87. The molecule has 4 aromatic rings. The summed E-state index contributed by atoms with van der Waals surface area (Å²) in [6.45, 7) is 12.5. The number of carbonyl (C=O) groups is 1. The number of hydrogen-bond donors (Lipinski definition) is 1. The van der Waals surface area contributed by atoms with E-state index in [4.69, 9.17) is 35.9 Å². The fraction of sp³-hybridized carbons (Fsp3) is 0.286. The van der Waals surface area contributed by atoms with Crippen LogP contribution in [0.3, 0.4) is 0 Å². The molecule has 1 aliphatic rings. The third-order valence-corrected chi connectivity index (χ3v) is 8.67. The van der Waals surface area contributed by atoms with Crippen molar-refractivity contribution in [3.63, 3.8) is 0 Å². The number of nitrogens with zero attached hydrogens (tertiary/aromatic N) is 3. The standard InChI is InChI=1S/C35H37ClN4O4S/c1-7-18-43-32(41)30-22(2)37-33-38-34(45-21-25-10-8-9-11-27(25)36)39-40(33)31(30)24-14-17-28(29(19-24)42-6)44-20-23-12-15-26(16-13-23)35(3,4)5/h7-17,19,31H,1,18,20-21H2,2-6H3,(H,37,38,39). The molecule has 1 aliphatic heterocycles. The van der Waals surface area contributed by atoms with E-state index >= 15 is 0 Å². The lowest BCUT2D eigenvalue weighted by Gasteiger charge is -2.28. The molecule has 0 saturated carbocycles. The van der Waals surface area contributed by atoms with E-state index in [-0.39, 0.29) is 12.0 Å². The normalized spacial score (nSPS) is 14.4. The van der Waals surface area contributed by atoms with E-state index in [0.717, 1.165) is 16.7 Å². The van der Waals surface area contributed by atoms with Crippen molar-refractivity contribution in [2.24, 2.45) is 0 Å². The maximum absolute atomic E-state index is 13.4. The van der Waals surface area contributed by atoms with Gasteiger partial charge in [-0.15, -0.1) is 5.10 Å². The summed E-state index contributed by atoms with van der Waals surface area (Å²) in [6, 6.07) is 21.1.